The number of benzene rings is 3. The third-order valence-electron chi connectivity index (χ3n) is 10.1. The van der Waals surface area contributed by atoms with Crippen molar-refractivity contribution in [2.45, 2.75) is 57.9 Å². The van der Waals surface area contributed by atoms with E-state index in [1.165, 1.54) is 29.2 Å². The second-order valence-electron chi connectivity index (χ2n) is 15.9. The Morgan fingerprint density at radius 2 is 1.74 bits per heavy atom. The van der Waals surface area contributed by atoms with Crippen LogP contribution in [0.5, 0.6) is 5.75 Å². The first-order valence-corrected chi connectivity index (χ1v) is 20.7. The lowest BCUT2D eigenvalue weighted by atomic mass is 9.61. The number of likely N-dealkylation sites (N-methyl/N-ethyl adjacent to an activating group) is 1. The standard InChI is InChI=1S/C36H47ClN5O10PS/c1-34(2,3)36(35(4,5)6,21-52-53(46,47)48)39-54(49,50)25-10-11-26-27(17-25)30(42(44)45)18-31-32(26)23(19-37)20-41(31)33(43)29-16-22-15-24(9-12-28(22)38-29)51-14-13-40(7)8/h9-12,15-18,23,38-39H,13-14,19-21H2,1-8H3,(H2,46,47,48). The smallest absolute Gasteiger partial charge is 0.469 e. The third kappa shape index (κ3) is 8.17. The molecule has 0 aliphatic carbocycles. The minimum Gasteiger partial charge on any atom is -0.492 e. The molecule has 0 saturated heterocycles. The average molecular weight is 808 g/mol. The first kappa shape index (κ1) is 41.6. The highest BCUT2D eigenvalue weighted by atomic mass is 35.5. The van der Waals surface area contributed by atoms with Gasteiger partial charge in [-0.1, -0.05) is 47.6 Å². The molecule has 294 valence electrons. The first-order chi connectivity index (χ1) is 24.9. The lowest BCUT2D eigenvalue weighted by molar-refractivity contribution is -0.383. The number of phosphoric ester groups is 1. The number of fused-ring (bicyclic) bond motifs is 4. The van der Waals surface area contributed by atoms with Crippen LogP contribution in [0.1, 0.15) is 63.5 Å². The van der Waals surface area contributed by atoms with Crippen LogP contribution in [0.2, 0.25) is 0 Å². The number of hydrogen-bond acceptors (Lipinski definition) is 9. The number of nitrogens with zero attached hydrogens (tertiary/aromatic N) is 3. The van der Waals surface area contributed by atoms with Gasteiger partial charge in [-0.05, 0) is 72.3 Å². The lowest BCUT2D eigenvalue weighted by Gasteiger charge is -2.53. The molecule has 1 amide bonds. The maximum Gasteiger partial charge on any atom is 0.469 e. The minimum absolute atomic E-state index is 0.0158. The van der Waals surface area contributed by atoms with E-state index >= 15 is 0 Å². The van der Waals surface area contributed by atoms with Gasteiger partial charge in [0.15, 0.2) is 0 Å². The van der Waals surface area contributed by atoms with Crippen molar-refractivity contribution < 1.29 is 41.7 Å². The molecule has 1 atom stereocenters. The quantitative estimate of drug-likeness (QED) is 0.0506. The second kappa shape index (κ2) is 14.8. The molecule has 4 aromatic rings. The van der Waals surface area contributed by atoms with Gasteiger partial charge in [0, 0.05) is 41.9 Å². The van der Waals surface area contributed by atoms with E-state index in [0.29, 0.717) is 34.5 Å². The molecule has 1 unspecified atom stereocenters. The SMILES string of the molecule is CN(C)CCOc1ccc2[nH]c(C(=O)N3CC(CCl)c4c3cc([N+](=O)[O-])c3cc(S(=O)(=O)NC(COP(=O)(O)O)(C(C)(C)C)C(C)(C)C)ccc43)cc2c1. The number of carbonyl (C=O) groups excluding carboxylic acids is 1. The van der Waals surface area contributed by atoms with Crippen molar-refractivity contribution in [3.05, 3.63) is 69.9 Å². The van der Waals surface area contributed by atoms with Gasteiger partial charge in [0.1, 0.15) is 18.1 Å². The number of ether oxygens (including phenoxy) is 1. The number of aromatic nitrogens is 1. The molecule has 18 heteroatoms. The summed E-state index contributed by atoms with van der Waals surface area (Å²) >= 11 is 6.45. The van der Waals surface area contributed by atoms with Crippen molar-refractivity contribution in [1.82, 2.24) is 14.6 Å². The van der Waals surface area contributed by atoms with E-state index in [2.05, 4.69) is 9.71 Å². The molecule has 1 aliphatic rings. The topological polar surface area (TPSA) is 205 Å². The number of halogens is 1. The average Bonchev–Trinajstić information content (AvgIpc) is 3.65. The fourth-order valence-corrected chi connectivity index (χ4v) is 9.64. The first-order valence-electron chi connectivity index (χ1n) is 17.2. The Morgan fingerprint density at radius 1 is 1.07 bits per heavy atom. The number of hydrogen-bond donors (Lipinski definition) is 4. The Balaban J connectivity index is 1.57. The lowest BCUT2D eigenvalue weighted by Crippen LogP contribution is -2.67. The highest BCUT2D eigenvalue weighted by Gasteiger charge is 2.54. The van der Waals surface area contributed by atoms with E-state index < -0.39 is 63.3 Å². The van der Waals surface area contributed by atoms with Crippen LogP contribution in [0.3, 0.4) is 0 Å². The molecule has 0 spiro atoms. The zero-order chi connectivity index (χ0) is 40.2. The van der Waals surface area contributed by atoms with Gasteiger partial charge in [-0.3, -0.25) is 19.4 Å². The molecular formula is C36H47ClN5O10PS. The molecule has 5 rings (SSSR count). The number of anilines is 1. The molecule has 54 heavy (non-hydrogen) atoms. The van der Waals surface area contributed by atoms with Gasteiger partial charge in [-0.15, -0.1) is 11.6 Å². The number of nitro groups is 1. The van der Waals surface area contributed by atoms with E-state index in [-0.39, 0.29) is 28.4 Å². The van der Waals surface area contributed by atoms with Gasteiger partial charge in [-0.25, -0.2) is 17.7 Å². The zero-order valence-electron chi connectivity index (χ0n) is 31.5. The predicted molar refractivity (Wildman–Crippen MR) is 208 cm³/mol. The number of nitro benzene ring substituents is 1. The highest BCUT2D eigenvalue weighted by Crippen LogP contribution is 2.50. The molecule has 0 bridgehead atoms. The largest absolute Gasteiger partial charge is 0.492 e. The maximum absolute atomic E-state index is 14.2. The van der Waals surface area contributed by atoms with Crippen LogP contribution in [-0.4, -0.2) is 90.7 Å². The molecule has 0 saturated carbocycles. The summed E-state index contributed by atoms with van der Waals surface area (Å²) in [5.74, 6) is -0.141. The van der Waals surface area contributed by atoms with Crippen LogP contribution in [0.4, 0.5) is 11.4 Å². The number of rotatable bonds is 13. The van der Waals surface area contributed by atoms with Gasteiger partial charge in [-0.2, -0.15) is 0 Å². The molecule has 1 aromatic heterocycles. The number of carbonyl (C=O) groups is 1. The molecule has 4 N–H and O–H groups in total. The van der Waals surface area contributed by atoms with Gasteiger partial charge < -0.3 is 29.3 Å². The van der Waals surface area contributed by atoms with Gasteiger partial charge in [0.2, 0.25) is 10.0 Å². The number of nitrogens with one attached hydrogen (secondary N) is 2. The number of sulfonamides is 1. The number of H-pyrrole nitrogens is 1. The Labute approximate surface area is 319 Å². The summed E-state index contributed by atoms with van der Waals surface area (Å²) in [4.78, 5) is 51.4. The van der Waals surface area contributed by atoms with Crippen LogP contribution in [-0.2, 0) is 19.1 Å². The van der Waals surface area contributed by atoms with Crippen molar-refractivity contribution in [3.63, 3.8) is 0 Å². The summed E-state index contributed by atoms with van der Waals surface area (Å²) < 4.78 is 53.6. The Kier molecular flexibility index (Phi) is 11.4. The number of aromatic amines is 1. The fraction of sp³-hybridized carbons (Fsp3) is 0.472. The third-order valence-corrected chi connectivity index (χ3v) is 12.4. The highest BCUT2D eigenvalue weighted by molar-refractivity contribution is 7.89. The van der Waals surface area contributed by atoms with Gasteiger partial charge in [0.25, 0.3) is 11.6 Å². The molecule has 0 fully saturated rings. The van der Waals surface area contributed by atoms with E-state index in [1.54, 1.807) is 53.7 Å². The normalized spacial score (nSPS) is 15.7. The van der Waals surface area contributed by atoms with Crippen molar-refractivity contribution in [2.75, 3.05) is 51.2 Å². The van der Waals surface area contributed by atoms with Crippen LogP contribution >= 0.6 is 19.4 Å². The minimum atomic E-state index is -5.01. The van der Waals surface area contributed by atoms with Crippen LogP contribution < -0.4 is 14.4 Å². The van der Waals surface area contributed by atoms with E-state index in [9.17, 15) is 37.7 Å². The summed E-state index contributed by atoms with van der Waals surface area (Å²) in [6.07, 6.45) is 0. The summed E-state index contributed by atoms with van der Waals surface area (Å²) in [6, 6.07) is 12.4. The van der Waals surface area contributed by atoms with E-state index in [0.717, 1.165) is 11.9 Å². The van der Waals surface area contributed by atoms with E-state index in [4.69, 9.17) is 20.9 Å². The van der Waals surface area contributed by atoms with Crippen molar-refractivity contribution in [1.29, 1.82) is 0 Å². The summed E-state index contributed by atoms with van der Waals surface area (Å²) in [5.41, 5.74) is -2.08. The molecular weight excluding hydrogens is 761 g/mol. The number of alkyl halides is 1. The number of non-ortho nitro benzene ring substituents is 1. The molecule has 15 nitrogen and oxygen atoms in total. The molecule has 1 aliphatic heterocycles. The molecule has 0 radical (unpaired) electrons. The number of amides is 1. The Bertz CT molecular complexity index is 2250. The van der Waals surface area contributed by atoms with Gasteiger partial charge in [0.05, 0.1) is 33.0 Å². The summed E-state index contributed by atoms with van der Waals surface area (Å²) in [6.45, 7) is 11.0. The fourth-order valence-electron chi connectivity index (χ4n) is 7.26. The van der Waals surface area contributed by atoms with Crippen molar-refractivity contribution in [3.8, 4) is 5.75 Å². The van der Waals surface area contributed by atoms with Crippen molar-refractivity contribution in [2.24, 2.45) is 10.8 Å². The maximum atomic E-state index is 14.2. The summed E-state index contributed by atoms with van der Waals surface area (Å²) in [5, 5.41) is 13.7. The summed E-state index contributed by atoms with van der Waals surface area (Å²) in [7, 11) is -5.63. The second-order valence-corrected chi connectivity index (χ2v) is 19.1. The monoisotopic (exact) mass is 807 g/mol. The zero-order valence-corrected chi connectivity index (χ0v) is 33.9. The predicted octanol–water partition coefficient (Wildman–Crippen LogP) is 6.37. The van der Waals surface area contributed by atoms with E-state index in [1.807, 2.05) is 31.1 Å². The Hall–Kier alpha value is -3.60. The van der Waals surface area contributed by atoms with Crippen molar-refractivity contribution >= 4 is 68.4 Å². The van der Waals surface area contributed by atoms with Crippen LogP contribution in [0, 0.1) is 20.9 Å². The van der Waals surface area contributed by atoms with Gasteiger partial charge >= 0.3 is 7.82 Å². The Morgan fingerprint density at radius 3 is 2.31 bits per heavy atom. The molecule has 2 heterocycles. The number of phosphoric acid groups is 1. The van der Waals surface area contributed by atoms with Crippen LogP contribution in [0.25, 0.3) is 21.7 Å². The van der Waals surface area contributed by atoms with Crippen LogP contribution in [0.15, 0.2) is 53.4 Å². The molecule has 3 aromatic carbocycles.